The van der Waals surface area contributed by atoms with E-state index in [1.165, 1.54) is 31.2 Å². The van der Waals surface area contributed by atoms with Gasteiger partial charge in [0.2, 0.25) is 0 Å². The van der Waals surface area contributed by atoms with E-state index < -0.39 is 8.32 Å². The van der Waals surface area contributed by atoms with Crippen LogP contribution in [0.3, 0.4) is 0 Å². The van der Waals surface area contributed by atoms with Crippen LogP contribution in [0.5, 0.6) is 0 Å². The molecule has 1 aromatic carbocycles. The lowest BCUT2D eigenvalue weighted by Crippen LogP contribution is -2.46. The van der Waals surface area contributed by atoms with E-state index in [1.807, 2.05) is 0 Å². The third kappa shape index (κ3) is 3.53. The summed E-state index contributed by atoms with van der Waals surface area (Å²) in [6.07, 6.45) is 5.60. The summed E-state index contributed by atoms with van der Waals surface area (Å²) in [5.74, 6) is 0.596. The third-order valence-electron chi connectivity index (χ3n) is 5.18. The minimum Gasteiger partial charge on any atom is -0.413 e. The van der Waals surface area contributed by atoms with Crippen LogP contribution in [-0.4, -0.2) is 14.4 Å². The summed E-state index contributed by atoms with van der Waals surface area (Å²) in [6.45, 7) is 11.8. The summed E-state index contributed by atoms with van der Waals surface area (Å²) in [7, 11) is -1.67. The second kappa shape index (κ2) is 6.03. The third-order valence-corrected chi connectivity index (χ3v) is 9.69. The van der Waals surface area contributed by atoms with Gasteiger partial charge in [0.1, 0.15) is 0 Å². The van der Waals surface area contributed by atoms with Crippen molar-refractivity contribution in [2.75, 3.05) is 0 Å². The van der Waals surface area contributed by atoms with Crippen molar-refractivity contribution in [2.45, 2.75) is 76.6 Å². The molecule has 1 aliphatic rings. The molecule has 0 radical (unpaired) electrons. The maximum atomic E-state index is 6.75. The standard InChI is InChI=1S/C18H30OSi/c1-18(2,3)20(4,5)19-17-14-10-9-13-16(17)15-11-7-6-8-12-15/h6-8,11-12,16-17H,9-10,13-14H2,1-5H3/t16-,17-/m0/s1. The molecule has 0 bridgehead atoms. The molecule has 1 aromatic rings. The van der Waals surface area contributed by atoms with Crippen molar-refractivity contribution in [3.05, 3.63) is 35.9 Å². The Balaban J connectivity index is 2.16. The Bertz CT molecular complexity index is 419. The molecule has 1 saturated carbocycles. The van der Waals surface area contributed by atoms with Crippen LogP contribution in [0.4, 0.5) is 0 Å². The molecule has 2 heteroatoms. The minimum atomic E-state index is -1.67. The van der Waals surface area contributed by atoms with E-state index >= 15 is 0 Å². The first-order chi connectivity index (χ1) is 9.31. The van der Waals surface area contributed by atoms with Crippen LogP contribution in [0.15, 0.2) is 30.3 Å². The molecule has 0 N–H and O–H groups in total. The smallest absolute Gasteiger partial charge is 0.192 e. The number of hydrogen-bond donors (Lipinski definition) is 0. The highest BCUT2D eigenvalue weighted by Crippen LogP contribution is 2.42. The average molecular weight is 291 g/mol. The quantitative estimate of drug-likeness (QED) is 0.645. The molecule has 0 heterocycles. The topological polar surface area (TPSA) is 9.23 Å². The molecule has 0 spiro atoms. The van der Waals surface area contributed by atoms with Crippen LogP contribution in [0.1, 0.15) is 57.9 Å². The Labute approximate surface area is 125 Å². The van der Waals surface area contributed by atoms with Crippen molar-refractivity contribution < 1.29 is 4.43 Å². The first-order valence-corrected chi connectivity index (χ1v) is 10.9. The molecule has 20 heavy (non-hydrogen) atoms. The van der Waals surface area contributed by atoms with Gasteiger partial charge in [-0.3, -0.25) is 0 Å². The molecule has 0 amide bonds. The van der Waals surface area contributed by atoms with Gasteiger partial charge in [0.25, 0.3) is 0 Å². The van der Waals surface area contributed by atoms with Crippen molar-refractivity contribution in [1.29, 1.82) is 0 Å². The van der Waals surface area contributed by atoms with Gasteiger partial charge in [0.15, 0.2) is 8.32 Å². The first-order valence-electron chi connectivity index (χ1n) is 8.04. The van der Waals surface area contributed by atoms with Crippen LogP contribution in [0.2, 0.25) is 18.1 Å². The zero-order chi connectivity index (χ0) is 14.8. The van der Waals surface area contributed by atoms with Gasteiger partial charge in [-0.1, -0.05) is 63.9 Å². The molecule has 0 aromatic heterocycles. The van der Waals surface area contributed by atoms with Gasteiger partial charge in [-0.25, -0.2) is 0 Å². The van der Waals surface area contributed by atoms with Crippen LogP contribution >= 0.6 is 0 Å². The van der Waals surface area contributed by atoms with Crippen LogP contribution in [0.25, 0.3) is 0 Å². The van der Waals surface area contributed by atoms with E-state index in [4.69, 9.17) is 4.43 Å². The SMILES string of the molecule is CC(C)(C)[Si](C)(C)O[C@H]1CCCC[C@H]1c1ccccc1. The predicted molar refractivity (Wildman–Crippen MR) is 89.7 cm³/mol. The summed E-state index contributed by atoms with van der Waals surface area (Å²) in [5.41, 5.74) is 1.47. The molecule has 2 rings (SSSR count). The van der Waals surface area contributed by atoms with Crippen molar-refractivity contribution in [2.24, 2.45) is 0 Å². The number of benzene rings is 1. The maximum Gasteiger partial charge on any atom is 0.192 e. The van der Waals surface area contributed by atoms with E-state index in [9.17, 15) is 0 Å². The fraction of sp³-hybridized carbons (Fsp3) is 0.667. The Morgan fingerprint density at radius 1 is 1.00 bits per heavy atom. The highest BCUT2D eigenvalue weighted by atomic mass is 28.4. The maximum absolute atomic E-state index is 6.75. The van der Waals surface area contributed by atoms with Gasteiger partial charge < -0.3 is 4.43 Å². The number of hydrogen-bond acceptors (Lipinski definition) is 1. The van der Waals surface area contributed by atoms with Crippen LogP contribution < -0.4 is 0 Å². The zero-order valence-electron chi connectivity index (χ0n) is 13.8. The summed E-state index contributed by atoms with van der Waals surface area (Å²) in [6, 6.07) is 11.0. The average Bonchev–Trinajstić information content (AvgIpc) is 2.38. The van der Waals surface area contributed by atoms with Gasteiger partial charge in [0, 0.05) is 5.92 Å². The molecule has 2 atom stereocenters. The Hall–Kier alpha value is -0.603. The molecule has 0 aliphatic heterocycles. The molecule has 0 saturated heterocycles. The highest BCUT2D eigenvalue weighted by molar-refractivity contribution is 6.74. The molecule has 1 nitrogen and oxygen atoms in total. The fourth-order valence-corrected chi connectivity index (χ4v) is 4.27. The normalized spacial score (nSPS) is 24.6. The largest absolute Gasteiger partial charge is 0.413 e. The fourth-order valence-electron chi connectivity index (χ4n) is 2.87. The molecule has 1 fully saturated rings. The van der Waals surface area contributed by atoms with E-state index in [1.54, 1.807) is 0 Å². The molecule has 112 valence electrons. The van der Waals surface area contributed by atoms with Crippen molar-refractivity contribution in [1.82, 2.24) is 0 Å². The summed E-state index contributed by atoms with van der Waals surface area (Å²) in [5, 5.41) is 0.297. The monoisotopic (exact) mass is 290 g/mol. The van der Waals surface area contributed by atoms with E-state index in [0.29, 0.717) is 17.1 Å². The van der Waals surface area contributed by atoms with Gasteiger partial charge in [0.05, 0.1) is 6.10 Å². The van der Waals surface area contributed by atoms with Crippen molar-refractivity contribution >= 4 is 8.32 Å². The molecular formula is C18H30OSi. The van der Waals surface area contributed by atoms with E-state index in [2.05, 4.69) is 64.2 Å². The number of rotatable bonds is 3. The Morgan fingerprint density at radius 2 is 1.60 bits per heavy atom. The second-order valence-electron chi connectivity index (χ2n) is 7.72. The van der Waals surface area contributed by atoms with Gasteiger partial charge in [-0.2, -0.15) is 0 Å². The summed E-state index contributed by atoms with van der Waals surface area (Å²) < 4.78 is 6.75. The van der Waals surface area contributed by atoms with E-state index in [0.717, 1.165) is 0 Å². The van der Waals surface area contributed by atoms with Crippen molar-refractivity contribution in [3.8, 4) is 0 Å². The van der Waals surface area contributed by atoms with E-state index in [-0.39, 0.29) is 0 Å². The summed E-state index contributed by atoms with van der Waals surface area (Å²) >= 11 is 0. The lowest BCUT2D eigenvalue weighted by molar-refractivity contribution is 0.114. The Kier molecular flexibility index (Phi) is 4.75. The first kappa shape index (κ1) is 15.8. The second-order valence-corrected chi connectivity index (χ2v) is 12.5. The summed E-state index contributed by atoms with van der Waals surface area (Å²) in [4.78, 5) is 0. The highest BCUT2D eigenvalue weighted by Gasteiger charge is 2.41. The minimum absolute atomic E-state index is 0.297. The van der Waals surface area contributed by atoms with Gasteiger partial charge in [-0.15, -0.1) is 0 Å². The van der Waals surface area contributed by atoms with Gasteiger partial charge >= 0.3 is 0 Å². The van der Waals surface area contributed by atoms with Gasteiger partial charge in [-0.05, 0) is 36.5 Å². The zero-order valence-corrected chi connectivity index (χ0v) is 14.8. The van der Waals surface area contributed by atoms with Crippen LogP contribution in [0, 0.1) is 0 Å². The van der Waals surface area contributed by atoms with Crippen LogP contribution in [-0.2, 0) is 4.43 Å². The van der Waals surface area contributed by atoms with Crippen molar-refractivity contribution in [3.63, 3.8) is 0 Å². The Morgan fingerprint density at radius 3 is 2.20 bits per heavy atom. The molecular weight excluding hydrogens is 260 g/mol. The molecule has 1 aliphatic carbocycles. The molecule has 0 unspecified atom stereocenters. The lowest BCUT2D eigenvalue weighted by atomic mass is 9.82. The predicted octanol–water partition coefficient (Wildman–Crippen LogP) is 5.73. The lowest BCUT2D eigenvalue weighted by Gasteiger charge is -2.43.